The van der Waals surface area contributed by atoms with Gasteiger partial charge in [-0.25, -0.2) is 0 Å². The molecule has 14 heavy (non-hydrogen) atoms. The van der Waals surface area contributed by atoms with Crippen LogP contribution >= 0.6 is 0 Å². The lowest BCUT2D eigenvalue weighted by molar-refractivity contribution is -0.123. The second-order valence-corrected chi connectivity index (χ2v) is 3.46. The number of rotatable bonds is 6. The average Bonchev–Trinajstić information content (AvgIpc) is 2.19. The molecule has 0 aliphatic rings. The predicted molar refractivity (Wildman–Crippen MR) is 51.5 cm³/mol. The molecular formula is C9H17NO4. The van der Waals surface area contributed by atoms with Gasteiger partial charge in [0.25, 0.3) is 0 Å². The lowest BCUT2D eigenvalue weighted by Crippen LogP contribution is -2.54. The maximum absolute atomic E-state index is 11.4. The highest BCUT2D eigenvalue weighted by Crippen LogP contribution is 2.21. The number of aliphatic hydroxyl groups excluding tert-OH is 3. The Morgan fingerprint density at radius 3 is 1.93 bits per heavy atom. The van der Waals surface area contributed by atoms with E-state index in [0.717, 1.165) is 0 Å². The van der Waals surface area contributed by atoms with Crippen molar-refractivity contribution in [2.24, 2.45) is 11.1 Å². The molecule has 5 N–H and O–H groups in total. The van der Waals surface area contributed by atoms with Crippen LogP contribution in [0.3, 0.4) is 0 Å². The highest BCUT2D eigenvalue weighted by atomic mass is 16.3. The van der Waals surface area contributed by atoms with Crippen molar-refractivity contribution < 1.29 is 20.1 Å². The van der Waals surface area contributed by atoms with Crippen molar-refractivity contribution >= 4 is 5.78 Å². The van der Waals surface area contributed by atoms with Crippen LogP contribution in [0.15, 0.2) is 12.2 Å². The van der Waals surface area contributed by atoms with Crippen molar-refractivity contribution in [3.63, 3.8) is 0 Å². The molecule has 0 fully saturated rings. The molecule has 0 aromatic carbocycles. The Morgan fingerprint density at radius 2 is 1.71 bits per heavy atom. The molecule has 0 spiro atoms. The summed E-state index contributed by atoms with van der Waals surface area (Å²) in [5, 5.41) is 27.0. The highest BCUT2D eigenvalue weighted by molar-refractivity contribution is 5.98. The molecule has 0 aromatic rings. The molecule has 1 atom stereocenters. The molecule has 0 aromatic heterocycles. The smallest absolute Gasteiger partial charge is 0.175 e. The monoisotopic (exact) mass is 203 g/mol. The van der Waals surface area contributed by atoms with Crippen LogP contribution in [0.5, 0.6) is 0 Å². The number of hydrogen-bond donors (Lipinski definition) is 4. The van der Waals surface area contributed by atoms with Crippen LogP contribution in [0.2, 0.25) is 0 Å². The summed E-state index contributed by atoms with van der Waals surface area (Å²) in [5.41, 5.74) is 4.39. The third-order valence-electron chi connectivity index (χ3n) is 2.31. The van der Waals surface area contributed by atoms with E-state index >= 15 is 0 Å². The number of ketones is 1. The molecule has 0 amide bonds. The molecule has 0 saturated heterocycles. The second kappa shape index (κ2) is 5.21. The summed E-state index contributed by atoms with van der Waals surface area (Å²) in [6, 6.07) is -1.14. The third kappa shape index (κ3) is 2.39. The van der Waals surface area contributed by atoms with Gasteiger partial charge in [0.1, 0.15) is 0 Å². The fraction of sp³-hybridized carbons (Fsp3) is 0.667. The Balaban J connectivity index is 4.84. The van der Waals surface area contributed by atoms with Crippen LogP contribution in [0, 0.1) is 5.41 Å². The van der Waals surface area contributed by atoms with E-state index in [1.807, 2.05) is 0 Å². The van der Waals surface area contributed by atoms with Gasteiger partial charge in [0.2, 0.25) is 0 Å². The Bertz CT molecular complexity index is 215. The second-order valence-electron chi connectivity index (χ2n) is 3.46. The van der Waals surface area contributed by atoms with E-state index in [-0.39, 0.29) is 5.57 Å². The van der Waals surface area contributed by atoms with Gasteiger partial charge in [-0.1, -0.05) is 6.58 Å². The van der Waals surface area contributed by atoms with E-state index in [2.05, 4.69) is 6.58 Å². The maximum Gasteiger partial charge on any atom is 0.175 e. The van der Waals surface area contributed by atoms with E-state index in [9.17, 15) is 4.79 Å². The first-order chi connectivity index (χ1) is 6.45. The summed E-state index contributed by atoms with van der Waals surface area (Å²) in [6.45, 7) is 3.24. The third-order valence-corrected chi connectivity index (χ3v) is 2.31. The Kier molecular flexibility index (Phi) is 4.93. The number of carbonyl (C=O) groups excluding carboxylic acids is 1. The quantitative estimate of drug-likeness (QED) is 0.390. The molecule has 5 heteroatoms. The molecule has 82 valence electrons. The lowest BCUT2D eigenvalue weighted by atomic mass is 9.79. The number of hydrogen-bond acceptors (Lipinski definition) is 5. The average molecular weight is 203 g/mol. The maximum atomic E-state index is 11.4. The fourth-order valence-electron chi connectivity index (χ4n) is 0.989. The first-order valence-electron chi connectivity index (χ1n) is 4.23. The SMILES string of the molecule is C=C(C)C(=O)C(N)C(CO)(CO)CO. The molecule has 5 nitrogen and oxygen atoms in total. The van der Waals surface area contributed by atoms with Crippen molar-refractivity contribution in [2.75, 3.05) is 19.8 Å². The first-order valence-corrected chi connectivity index (χ1v) is 4.23. The van der Waals surface area contributed by atoms with Crippen molar-refractivity contribution in [3.8, 4) is 0 Å². The number of Topliss-reactive ketones (excluding diaryl/α,β-unsaturated/α-hetero) is 1. The molecule has 1 unspecified atom stereocenters. The van der Waals surface area contributed by atoms with Crippen molar-refractivity contribution in [1.29, 1.82) is 0 Å². The summed E-state index contributed by atoms with van der Waals surface area (Å²) in [7, 11) is 0. The van der Waals surface area contributed by atoms with Crippen LogP contribution in [-0.4, -0.2) is 47.0 Å². The van der Waals surface area contributed by atoms with E-state index < -0.39 is 37.1 Å². The zero-order valence-electron chi connectivity index (χ0n) is 8.23. The van der Waals surface area contributed by atoms with Crippen LogP contribution in [-0.2, 0) is 4.79 Å². The van der Waals surface area contributed by atoms with Gasteiger partial charge >= 0.3 is 0 Å². The molecule has 0 aliphatic heterocycles. The van der Waals surface area contributed by atoms with Gasteiger partial charge in [0, 0.05) is 0 Å². The molecule has 0 aliphatic carbocycles. The van der Waals surface area contributed by atoms with Crippen molar-refractivity contribution in [2.45, 2.75) is 13.0 Å². The summed E-state index contributed by atoms with van der Waals surface area (Å²) in [5.74, 6) is -0.470. The van der Waals surface area contributed by atoms with Gasteiger partial charge in [-0.05, 0) is 12.5 Å². The Hall–Kier alpha value is -0.750. The van der Waals surface area contributed by atoms with E-state index in [0.29, 0.717) is 0 Å². The molecule has 0 rings (SSSR count). The number of carbonyl (C=O) groups is 1. The summed E-state index contributed by atoms with van der Waals surface area (Å²) < 4.78 is 0. The standard InChI is InChI=1S/C9H17NO4/c1-6(2)7(14)8(10)9(3-11,4-12)5-13/h8,11-13H,1,3-5,10H2,2H3. The largest absolute Gasteiger partial charge is 0.396 e. The summed E-state index contributed by atoms with van der Waals surface area (Å²) in [6.07, 6.45) is 0. The minimum absolute atomic E-state index is 0.234. The Labute approximate surface area is 82.9 Å². The van der Waals surface area contributed by atoms with E-state index in [1.54, 1.807) is 0 Å². The van der Waals surface area contributed by atoms with Gasteiger partial charge in [0.05, 0.1) is 31.3 Å². The molecule has 0 saturated carbocycles. The minimum Gasteiger partial charge on any atom is -0.396 e. The number of nitrogens with two attached hydrogens (primary N) is 1. The summed E-state index contributed by atoms with van der Waals surface area (Å²) >= 11 is 0. The number of aliphatic hydroxyl groups is 3. The molecular weight excluding hydrogens is 186 g/mol. The molecule has 0 radical (unpaired) electrons. The van der Waals surface area contributed by atoms with Crippen molar-refractivity contribution in [3.05, 3.63) is 12.2 Å². The zero-order valence-corrected chi connectivity index (χ0v) is 8.23. The van der Waals surface area contributed by atoms with Crippen molar-refractivity contribution in [1.82, 2.24) is 0 Å². The van der Waals surface area contributed by atoms with Crippen LogP contribution in [0.25, 0.3) is 0 Å². The fourth-order valence-corrected chi connectivity index (χ4v) is 0.989. The van der Waals surface area contributed by atoms with Gasteiger partial charge in [0.15, 0.2) is 5.78 Å². The first kappa shape index (κ1) is 13.2. The normalized spacial score (nSPS) is 13.8. The minimum atomic E-state index is -1.38. The van der Waals surface area contributed by atoms with Gasteiger partial charge < -0.3 is 21.1 Å². The molecule has 0 bridgehead atoms. The van der Waals surface area contributed by atoms with Gasteiger partial charge in [-0.2, -0.15) is 0 Å². The van der Waals surface area contributed by atoms with Crippen LogP contribution < -0.4 is 5.73 Å². The van der Waals surface area contributed by atoms with E-state index in [4.69, 9.17) is 21.1 Å². The van der Waals surface area contributed by atoms with Gasteiger partial charge in [-0.3, -0.25) is 4.79 Å². The van der Waals surface area contributed by atoms with Gasteiger partial charge in [-0.15, -0.1) is 0 Å². The van der Waals surface area contributed by atoms with E-state index in [1.165, 1.54) is 6.92 Å². The topological polar surface area (TPSA) is 104 Å². The lowest BCUT2D eigenvalue weighted by Gasteiger charge is -2.32. The van der Waals surface area contributed by atoms with Crippen LogP contribution in [0.4, 0.5) is 0 Å². The zero-order chi connectivity index (χ0) is 11.4. The summed E-state index contributed by atoms with van der Waals surface area (Å²) in [4.78, 5) is 11.4. The van der Waals surface area contributed by atoms with Crippen LogP contribution in [0.1, 0.15) is 6.92 Å². The highest BCUT2D eigenvalue weighted by Gasteiger charge is 2.39. The molecule has 0 heterocycles. The Morgan fingerprint density at radius 1 is 1.36 bits per heavy atom. The predicted octanol–water partition coefficient (Wildman–Crippen LogP) is -1.58.